The SMILES string of the molecule is CC[C@H](C)NC(=O)[C@@H](C)N(Cc1ccc(OC)cc1)C(=O)CN(c1cc(Cl)ccc1Cl)S(C)(=O)=O. The van der Waals surface area contributed by atoms with Crippen LogP contribution in [-0.4, -0.2) is 57.1 Å². The predicted molar refractivity (Wildman–Crippen MR) is 140 cm³/mol. The van der Waals surface area contributed by atoms with Gasteiger partial charge in [-0.05, 0) is 56.2 Å². The first-order valence-electron chi connectivity index (χ1n) is 11.0. The van der Waals surface area contributed by atoms with Crippen molar-refractivity contribution in [1.29, 1.82) is 0 Å². The number of carbonyl (C=O) groups is 2. The fraction of sp³-hybridized carbons (Fsp3) is 0.417. The summed E-state index contributed by atoms with van der Waals surface area (Å²) in [5.41, 5.74) is 0.824. The number of benzene rings is 2. The molecule has 0 saturated heterocycles. The highest BCUT2D eigenvalue weighted by Gasteiger charge is 2.31. The van der Waals surface area contributed by atoms with Gasteiger partial charge >= 0.3 is 0 Å². The molecule has 0 aliphatic heterocycles. The van der Waals surface area contributed by atoms with E-state index in [9.17, 15) is 18.0 Å². The van der Waals surface area contributed by atoms with E-state index < -0.39 is 28.5 Å². The Hall–Kier alpha value is -2.49. The third-order valence-electron chi connectivity index (χ3n) is 5.54. The average molecular weight is 545 g/mol. The van der Waals surface area contributed by atoms with Crippen molar-refractivity contribution in [2.24, 2.45) is 0 Å². The maximum atomic E-state index is 13.5. The molecule has 2 amide bonds. The van der Waals surface area contributed by atoms with Crippen molar-refractivity contribution in [2.45, 2.75) is 45.8 Å². The predicted octanol–water partition coefficient (Wildman–Crippen LogP) is 4.10. The smallest absolute Gasteiger partial charge is 0.244 e. The molecule has 0 aromatic heterocycles. The summed E-state index contributed by atoms with van der Waals surface area (Å²) in [6, 6.07) is 10.5. The van der Waals surface area contributed by atoms with Gasteiger partial charge in [-0.15, -0.1) is 0 Å². The summed E-state index contributed by atoms with van der Waals surface area (Å²) >= 11 is 12.3. The molecular formula is C24H31Cl2N3O5S. The lowest BCUT2D eigenvalue weighted by molar-refractivity contribution is -0.139. The molecule has 0 radical (unpaired) electrons. The van der Waals surface area contributed by atoms with Gasteiger partial charge in [0.2, 0.25) is 21.8 Å². The third-order valence-corrected chi connectivity index (χ3v) is 7.22. The van der Waals surface area contributed by atoms with E-state index in [1.807, 2.05) is 13.8 Å². The summed E-state index contributed by atoms with van der Waals surface area (Å²) < 4.78 is 31.3. The van der Waals surface area contributed by atoms with Crippen LogP contribution in [0.15, 0.2) is 42.5 Å². The summed E-state index contributed by atoms with van der Waals surface area (Å²) in [7, 11) is -2.36. The quantitative estimate of drug-likeness (QED) is 0.460. The van der Waals surface area contributed by atoms with Gasteiger partial charge in [0.15, 0.2) is 0 Å². The number of hydrogen-bond donors (Lipinski definition) is 1. The van der Waals surface area contributed by atoms with Gasteiger partial charge in [0.25, 0.3) is 0 Å². The van der Waals surface area contributed by atoms with Crippen LogP contribution in [0.25, 0.3) is 0 Å². The minimum Gasteiger partial charge on any atom is -0.497 e. The Labute approximate surface area is 217 Å². The van der Waals surface area contributed by atoms with Crippen LogP contribution in [0.5, 0.6) is 5.75 Å². The molecule has 0 aliphatic carbocycles. The summed E-state index contributed by atoms with van der Waals surface area (Å²) in [6.07, 6.45) is 1.70. The van der Waals surface area contributed by atoms with E-state index in [0.29, 0.717) is 5.75 Å². The highest BCUT2D eigenvalue weighted by Crippen LogP contribution is 2.31. The molecule has 2 aromatic carbocycles. The molecule has 0 heterocycles. The van der Waals surface area contributed by atoms with E-state index in [0.717, 1.165) is 22.5 Å². The van der Waals surface area contributed by atoms with Crippen molar-refractivity contribution in [3.05, 3.63) is 58.1 Å². The van der Waals surface area contributed by atoms with Crippen molar-refractivity contribution in [3.8, 4) is 5.75 Å². The number of carbonyl (C=O) groups excluding carboxylic acids is 2. The van der Waals surface area contributed by atoms with Gasteiger partial charge in [-0.1, -0.05) is 42.3 Å². The number of hydrogen-bond acceptors (Lipinski definition) is 5. The highest BCUT2D eigenvalue weighted by molar-refractivity contribution is 7.92. The molecule has 2 atom stereocenters. The highest BCUT2D eigenvalue weighted by atomic mass is 35.5. The van der Waals surface area contributed by atoms with Crippen molar-refractivity contribution in [2.75, 3.05) is 24.2 Å². The zero-order valence-corrected chi connectivity index (χ0v) is 22.7. The van der Waals surface area contributed by atoms with Gasteiger partial charge in [0, 0.05) is 17.6 Å². The van der Waals surface area contributed by atoms with Crippen molar-refractivity contribution < 1.29 is 22.7 Å². The lowest BCUT2D eigenvalue weighted by Crippen LogP contribution is -2.52. The summed E-state index contributed by atoms with van der Waals surface area (Å²) in [4.78, 5) is 27.8. The standard InChI is InChI=1S/C24H31Cl2N3O5S/c1-6-16(2)27-24(31)17(3)28(14-18-7-10-20(34-4)11-8-18)23(30)15-29(35(5,32)33)22-13-19(25)9-12-21(22)26/h7-13,16-17H,6,14-15H2,1-5H3,(H,27,31)/t16-,17+/m0/s1. The molecule has 192 valence electrons. The topological polar surface area (TPSA) is 96.0 Å². The van der Waals surface area contributed by atoms with E-state index in [1.165, 1.54) is 23.1 Å². The number of methoxy groups -OCH3 is 1. The van der Waals surface area contributed by atoms with Crippen LogP contribution >= 0.6 is 23.2 Å². The number of rotatable bonds is 11. The first-order valence-corrected chi connectivity index (χ1v) is 13.6. The van der Waals surface area contributed by atoms with Gasteiger partial charge < -0.3 is 15.0 Å². The van der Waals surface area contributed by atoms with Crippen LogP contribution in [0.4, 0.5) is 5.69 Å². The van der Waals surface area contributed by atoms with E-state index in [2.05, 4.69) is 5.32 Å². The van der Waals surface area contributed by atoms with E-state index >= 15 is 0 Å². The molecule has 0 saturated carbocycles. The monoisotopic (exact) mass is 543 g/mol. The number of anilines is 1. The molecule has 2 rings (SSSR count). The second kappa shape index (κ2) is 12.5. The number of ether oxygens (including phenoxy) is 1. The van der Waals surface area contributed by atoms with Crippen molar-refractivity contribution in [3.63, 3.8) is 0 Å². The lowest BCUT2D eigenvalue weighted by atomic mass is 10.1. The molecular weight excluding hydrogens is 513 g/mol. The molecule has 0 unspecified atom stereocenters. The van der Waals surface area contributed by atoms with Crippen LogP contribution in [0, 0.1) is 0 Å². The molecule has 11 heteroatoms. The molecule has 0 spiro atoms. The second-order valence-corrected chi connectivity index (χ2v) is 11.0. The summed E-state index contributed by atoms with van der Waals surface area (Å²) in [6.45, 7) is 4.94. The zero-order chi connectivity index (χ0) is 26.3. The third kappa shape index (κ3) is 8.02. The first-order chi connectivity index (χ1) is 16.4. The van der Waals surface area contributed by atoms with Crippen LogP contribution < -0.4 is 14.4 Å². The maximum absolute atomic E-state index is 13.5. The largest absolute Gasteiger partial charge is 0.497 e. The first kappa shape index (κ1) is 28.7. The van der Waals surface area contributed by atoms with E-state index in [1.54, 1.807) is 38.3 Å². The number of halogens is 2. The van der Waals surface area contributed by atoms with Crippen LogP contribution in [0.1, 0.15) is 32.8 Å². The molecule has 8 nitrogen and oxygen atoms in total. The maximum Gasteiger partial charge on any atom is 0.244 e. The molecule has 35 heavy (non-hydrogen) atoms. The Morgan fingerprint density at radius 3 is 2.26 bits per heavy atom. The Bertz CT molecular complexity index is 1140. The minimum atomic E-state index is -3.91. The van der Waals surface area contributed by atoms with Gasteiger partial charge in [0.1, 0.15) is 18.3 Å². The van der Waals surface area contributed by atoms with Crippen LogP contribution in [0.3, 0.4) is 0 Å². The number of sulfonamides is 1. The minimum absolute atomic E-state index is 0.0797. The second-order valence-electron chi connectivity index (χ2n) is 8.23. The van der Waals surface area contributed by atoms with Gasteiger partial charge in [-0.2, -0.15) is 0 Å². The molecule has 0 fully saturated rings. The lowest BCUT2D eigenvalue weighted by Gasteiger charge is -2.32. The molecule has 2 aromatic rings. The molecule has 0 aliphatic rings. The Balaban J connectivity index is 2.42. The fourth-order valence-corrected chi connectivity index (χ4v) is 4.54. The Morgan fingerprint density at radius 1 is 1.09 bits per heavy atom. The van der Waals surface area contributed by atoms with Crippen LogP contribution in [0.2, 0.25) is 10.0 Å². The summed E-state index contributed by atoms with van der Waals surface area (Å²) in [5.74, 6) is -0.268. The fourth-order valence-electron chi connectivity index (χ4n) is 3.25. The summed E-state index contributed by atoms with van der Waals surface area (Å²) in [5, 5.41) is 3.27. The van der Waals surface area contributed by atoms with Crippen LogP contribution in [-0.2, 0) is 26.2 Å². The molecule has 0 bridgehead atoms. The van der Waals surface area contributed by atoms with Gasteiger partial charge in [-0.3, -0.25) is 13.9 Å². The molecule has 1 N–H and O–H groups in total. The number of amides is 2. The normalized spacial score (nSPS) is 13.0. The van der Waals surface area contributed by atoms with Crippen molar-refractivity contribution in [1.82, 2.24) is 10.2 Å². The van der Waals surface area contributed by atoms with E-state index in [4.69, 9.17) is 27.9 Å². The Morgan fingerprint density at radius 2 is 1.71 bits per heavy atom. The zero-order valence-electron chi connectivity index (χ0n) is 20.4. The Kier molecular flexibility index (Phi) is 10.2. The average Bonchev–Trinajstić information content (AvgIpc) is 2.81. The van der Waals surface area contributed by atoms with Gasteiger partial charge in [0.05, 0.1) is 24.1 Å². The number of nitrogens with one attached hydrogen (secondary N) is 1. The van der Waals surface area contributed by atoms with E-state index in [-0.39, 0.29) is 34.2 Å². The van der Waals surface area contributed by atoms with Gasteiger partial charge in [-0.25, -0.2) is 8.42 Å². The number of nitrogens with zero attached hydrogens (tertiary/aromatic N) is 2. The van der Waals surface area contributed by atoms with Crippen molar-refractivity contribution >= 4 is 50.7 Å².